The van der Waals surface area contributed by atoms with Crippen LogP contribution in [0.4, 0.5) is 5.69 Å². The Balaban J connectivity index is 1.80. The molecule has 19 heavy (non-hydrogen) atoms. The Morgan fingerprint density at radius 2 is 2.00 bits per heavy atom. The molecule has 1 fully saturated rings. The van der Waals surface area contributed by atoms with Crippen molar-refractivity contribution in [1.82, 2.24) is 0 Å². The first kappa shape index (κ1) is 12.8. The molecule has 0 amide bonds. The van der Waals surface area contributed by atoms with Crippen molar-refractivity contribution in [3.63, 3.8) is 0 Å². The quantitative estimate of drug-likeness (QED) is 0.746. The first-order valence-electron chi connectivity index (χ1n) is 7.47. The lowest BCUT2D eigenvalue weighted by atomic mass is 9.70. The summed E-state index contributed by atoms with van der Waals surface area (Å²) < 4.78 is 6.22. The number of benzene rings is 1. The number of hydrogen-bond acceptors (Lipinski definition) is 2. The average molecular weight is 259 g/mol. The first-order valence-corrected chi connectivity index (χ1v) is 7.47. The Morgan fingerprint density at radius 1 is 1.21 bits per heavy atom. The molecule has 0 aromatic heterocycles. The van der Waals surface area contributed by atoms with Crippen LogP contribution in [0.3, 0.4) is 0 Å². The number of ether oxygens (including phenoxy) is 1. The molecule has 0 spiro atoms. The van der Waals surface area contributed by atoms with Gasteiger partial charge in [0.05, 0.1) is 11.7 Å². The highest BCUT2D eigenvalue weighted by Crippen LogP contribution is 2.43. The Kier molecular flexibility index (Phi) is 2.99. The van der Waals surface area contributed by atoms with Crippen LogP contribution in [0.5, 0.6) is 5.75 Å². The molecular formula is C17H25NO. The van der Waals surface area contributed by atoms with Gasteiger partial charge in [-0.1, -0.05) is 26.8 Å². The van der Waals surface area contributed by atoms with Crippen molar-refractivity contribution in [1.29, 1.82) is 0 Å². The van der Waals surface area contributed by atoms with Crippen molar-refractivity contribution in [3.8, 4) is 5.75 Å². The summed E-state index contributed by atoms with van der Waals surface area (Å²) >= 11 is 0. The molecule has 2 aliphatic rings. The number of nitrogens with one attached hydrogen (secondary N) is 1. The second-order valence-electron chi connectivity index (χ2n) is 7.28. The number of aryl methyl sites for hydroxylation is 1. The predicted octanol–water partition coefficient (Wildman–Crippen LogP) is 4.38. The standard InChI is InChI=1S/C17H25NO/c1-11-5-7-13-16(9-11)19-15-8-6-12(17(2,3)4)10-14(15)18-13/h5,7,9,12,14-15,18H,6,8,10H2,1-4H3. The van der Waals surface area contributed by atoms with Gasteiger partial charge in [0, 0.05) is 0 Å². The third kappa shape index (κ3) is 2.45. The maximum absolute atomic E-state index is 6.22. The third-order valence-corrected chi connectivity index (χ3v) is 4.77. The molecular weight excluding hydrogens is 234 g/mol. The Bertz CT molecular complexity index is 475. The number of hydrogen-bond donors (Lipinski definition) is 1. The molecule has 3 atom stereocenters. The molecule has 1 aliphatic carbocycles. The van der Waals surface area contributed by atoms with Gasteiger partial charge >= 0.3 is 0 Å². The maximum atomic E-state index is 6.22. The second kappa shape index (κ2) is 4.43. The molecule has 1 aromatic rings. The van der Waals surface area contributed by atoms with Gasteiger partial charge in [-0.25, -0.2) is 0 Å². The molecule has 2 heteroatoms. The normalized spacial score (nSPS) is 29.8. The van der Waals surface area contributed by atoms with E-state index in [0.29, 0.717) is 17.6 Å². The monoisotopic (exact) mass is 259 g/mol. The summed E-state index contributed by atoms with van der Waals surface area (Å²) in [5.74, 6) is 1.83. The van der Waals surface area contributed by atoms with Crippen molar-refractivity contribution < 1.29 is 4.74 Å². The minimum absolute atomic E-state index is 0.355. The SMILES string of the molecule is Cc1ccc2c(c1)OC1CCC(C(C)(C)C)CC1N2. The van der Waals surface area contributed by atoms with Gasteiger partial charge in [0.25, 0.3) is 0 Å². The van der Waals surface area contributed by atoms with E-state index >= 15 is 0 Å². The van der Waals surface area contributed by atoms with Crippen LogP contribution in [-0.2, 0) is 0 Å². The van der Waals surface area contributed by atoms with Crippen molar-refractivity contribution in [2.45, 2.75) is 59.1 Å². The van der Waals surface area contributed by atoms with E-state index in [1.807, 2.05) is 0 Å². The van der Waals surface area contributed by atoms with Crippen molar-refractivity contribution in [2.24, 2.45) is 11.3 Å². The average Bonchev–Trinajstić information content (AvgIpc) is 2.34. The van der Waals surface area contributed by atoms with Crippen LogP contribution in [0.2, 0.25) is 0 Å². The second-order valence-corrected chi connectivity index (χ2v) is 7.28. The fourth-order valence-electron chi connectivity index (χ4n) is 3.43. The van der Waals surface area contributed by atoms with Crippen LogP contribution < -0.4 is 10.1 Å². The highest BCUT2D eigenvalue weighted by Gasteiger charge is 2.39. The first-order chi connectivity index (χ1) is 8.93. The Morgan fingerprint density at radius 3 is 2.74 bits per heavy atom. The van der Waals surface area contributed by atoms with E-state index in [9.17, 15) is 0 Å². The number of fused-ring (bicyclic) bond motifs is 2. The molecule has 3 unspecified atom stereocenters. The zero-order valence-electron chi connectivity index (χ0n) is 12.5. The van der Waals surface area contributed by atoms with Crippen LogP contribution in [-0.4, -0.2) is 12.1 Å². The van der Waals surface area contributed by atoms with Crippen LogP contribution in [0.1, 0.15) is 45.6 Å². The molecule has 3 rings (SSSR count). The molecule has 1 heterocycles. The largest absolute Gasteiger partial charge is 0.486 e. The predicted molar refractivity (Wildman–Crippen MR) is 79.8 cm³/mol. The van der Waals surface area contributed by atoms with Crippen molar-refractivity contribution >= 4 is 5.69 Å². The molecule has 1 aromatic carbocycles. The summed E-state index contributed by atoms with van der Waals surface area (Å²) in [7, 11) is 0. The molecule has 0 saturated heterocycles. The summed E-state index contributed by atoms with van der Waals surface area (Å²) in [6.07, 6.45) is 4.04. The lowest BCUT2D eigenvalue weighted by Gasteiger charge is -2.44. The topological polar surface area (TPSA) is 21.3 Å². The molecule has 104 valence electrons. The minimum atomic E-state index is 0.355. The van der Waals surface area contributed by atoms with E-state index in [1.54, 1.807) is 0 Å². The fraction of sp³-hybridized carbons (Fsp3) is 0.647. The number of anilines is 1. The van der Waals surface area contributed by atoms with E-state index in [-0.39, 0.29) is 0 Å². The van der Waals surface area contributed by atoms with Gasteiger partial charge in [-0.2, -0.15) is 0 Å². The van der Waals surface area contributed by atoms with Gasteiger partial charge in [-0.3, -0.25) is 0 Å². The van der Waals surface area contributed by atoms with E-state index in [2.05, 4.69) is 51.2 Å². The molecule has 1 N–H and O–H groups in total. The van der Waals surface area contributed by atoms with Crippen LogP contribution in [0.15, 0.2) is 18.2 Å². The molecule has 1 aliphatic heterocycles. The highest BCUT2D eigenvalue weighted by molar-refractivity contribution is 5.60. The Labute approximate surface area is 116 Å². The molecule has 2 nitrogen and oxygen atoms in total. The summed E-state index contributed by atoms with van der Waals surface area (Å²) in [4.78, 5) is 0. The van der Waals surface area contributed by atoms with Gasteiger partial charge in [0.15, 0.2) is 0 Å². The summed E-state index contributed by atoms with van der Waals surface area (Å²) in [5.41, 5.74) is 2.84. The van der Waals surface area contributed by atoms with Gasteiger partial charge in [-0.05, 0) is 55.2 Å². The number of rotatable bonds is 0. The minimum Gasteiger partial charge on any atom is -0.486 e. The zero-order valence-corrected chi connectivity index (χ0v) is 12.5. The molecule has 0 radical (unpaired) electrons. The van der Waals surface area contributed by atoms with Crippen molar-refractivity contribution in [3.05, 3.63) is 23.8 Å². The van der Waals surface area contributed by atoms with Crippen LogP contribution >= 0.6 is 0 Å². The van der Waals surface area contributed by atoms with E-state index < -0.39 is 0 Å². The van der Waals surface area contributed by atoms with Crippen LogP contribution in [0.25, 0.3) is 0 Å². The third-order valence-electron chi connectivity index (χ3n) is 4.77. The highest BCUT2D eigenvalue weighted by atomic mass is 16.5. The Hall–Kier alpha value is -1.18. The van der Waals surface area contributed by atoms with E-state index in [0.717, 1.165) is 11.7 Å². The lowest BCUT2D eigenvalue weighted by Crippen LogP contribution is -2.47. The fourth-order valence-corrected chi connectivity index (χ4v) is 3.43. The van der Waals surface area contributed by atoms with Gasteiger partial charge < -0.3 is 10.1 Å². The van der Waals surface area contributed by atoms with Gasteiger partial charge in [0.1, 0.15) is 11.9 Å². The molecule has 0 bridgehead atoms. The zero-order chi connectivity index (χ0) is 13.6. The van der Waals surface area contributed by atoms with Crippen LogP contribution in [0, 0.1) is 18.3 Å². The summed E-state index contributed by atoms with van der Waals surface area (Å²) in [5, 5.41) is 3.70. The summed E-state index contributed by atoms with van der Waals surface area (Å²) in [6.45, 7) is 9.20. The molecule has 1 saturated carbocycles. The lowest BCUT2D eigenvalue weighted by molar-refractivity contribution is 0.0699. The van der Waals surface area contributed by atoms with E-state index in [1.165, 1.54) is 30.5 Å². The smallest absolute Gasteiger partial charge is 0.143 e. The van der Waals surface area contributed by atoms with E-state index in [4.69, 9.17) is 4.74 Å². The summed E-state index contributed by atoms with van der Waals surface area (Å²) in [6, 6.07) is 6.93. The van der Waals surface area contributed by atoms with Crippen molar-refractivity contribution in [2.75, 3.05) is 5.32 Å². The van der Waals surface area contributed by atoms with Gasteiger partial charge in [-0.15, -0.1) is 0 Å². The maximum Gasteiger partial charge on any atom is 0.143 e. The van der Waals surface area contributed by atoms with Gasteiger partial charge in [0.2, 0.25) is 0 Å².